The van der Waals surface area contributed by atoms with Gasteiger partial charge in [-0.15, -0.1) is 0 Å². The van der Waals surface area contributed by atoms with Crippen LogP contribution in [0.5, 0.6) is 0 Å². The van der Waals surface area contributed by atoms with Gasteiger partial charge in [0, 0.05) is 13.2 Å². The molecular weight excluding hydrogens is 552 g/mol. The van der Waals surface area contributed by atoms with Crippen LogP contribution in [0.1, 0.15) is 125 Å². The molecule has 4 rings (SSSR count). The summed E-state index contributed by atoms with van der Waals surface area (Å²) in [7, 11) is 0. The maximum Gasteiger partial charge on any atom is 0.110 e. The zero-order valence-corrected chi connectivity index (χ0v) is 26.7. The third-order valence-electron chi connectivity index (χ3n) is 8.96. The van der Waals surface area contributed by atoms with Crippen molar-refractivity contribution in [1.82, 2.24) is 10.6 Å². The van der Waals surface area contributed by atoms with Crippen molar-refractivity contribution < 1.29 is 40.1 Å². The molecule has 0 radical (unpaired) electrons. The Morgan fingerprint density at radius 2 is 0.721 bits per heavy atom. The number of aliphatic hydroxyl groups is 6. The SMILES string of the molecule is C.CCCC.CCCCCCCCO[C@@H]1[C@@H](O)[C@H](O)[C@@H](O)[C@H]2N[C@H]21.CCCCCCCCO[C@H]1[C@H](O)[C@@H](O)[C@H](O)[C@H]2N[C@H]21. The molecule has 10 heteroatoms. The Morgan fingerprint density at radius 1 is 0.395 bits per heavy atom. The van der Waals surface area contributed by atoms with Crippen molar-refractivity contribution in [3.05, 3.63) is 0 Å². The van der Waals surface area contributed by atoms with E-state index in [1.54, 1.807) is 0 Å². The minimum absolute atomic E-state index is 0. The van der Waals surface area contributed by atoms with Gasteiger partial charge in [0.2, 0.25) is 0 Å². The second kappa shape index (κ2) is 22.2. The van der Waals surface area contributed by atoms with Gasteiger partial charge in [-0.3, -0.25) is 0 Å². The van der Waals surface area contributed by atoms with Gasteiger partial charge >= 0.3 is 0 Å². The van der Waals surface area contributed by atoms with Crippen LogP contribution in [0.25, 0.3) is 0 Å². The molecule has 43 heavy (non-hydrogen) atoms. The van der Waals surface area contributed by atoms with Crippen LogP contribution in [0.2, 0.25) is 0 Å². The van der Waals surface area contributed by atoms with Gasteiger partial charge in [0.1, 0.15) is 36.6 Å². The molecule has 258 valence electrons. The molecule has 2 heterocycles. The first-order valence-corrected chi connectivity index (χ1v) is 17.1. The van der Waals surface area contributed by atoms with Crippen LogP contribution >= 0.6 is 0 Å². The van der Waals surface area contributed by atoms with E-state index in [1.165, 1.54) is 64.2 Å². The van der Waals surface area contributed by atoms with E-state index in [2.05, 4.69) is 38.3 Å². The van der Waals surface area contributed by atoms with Gasteiger partial charge in [-0.1, -0.05) is 112 Å². The van der Waals surface area contributed by atoms with Crippen LogP contribution in [0.3, 0.4) is 0 Å². The summed E-state index contributed by atoms with van der Waals surface area (Å²) in [6.07, 6.45) is 10.3. The quantitative estimate of drug-likeness (QED) is 0.0889. The Labute approximate surface area is 262 Å². The first kappa shape index (κ1) is 40.6. The lowest BCUT2D eigenvalue weighted by molar-refractivity contribution is -0.140. The van der Waals surface area contributed by atoms with E-state index in [1.807, 2.05) is 0 Å². The average molecular weight is 621 g/mol. The second-order valence-electron chi connectivity index (χ2n) is 12.6. The number of nitrogens with one attached hydrogen (secondary N) is 2. The summed E-state index contributed by atoms with van der Waals surface area (Å²) in [5.41, 5.74) is 0. The predicted octanol–water partition coefficient (Wildman–Crippen LogP) is 2.78. The van der Waals surface area contributed by atoms with Crippen LogP contribution in [-0.2, 0) is 9.47 Å². The maximum atomic E-state index is 9.90. The van der Waals surface area contributed by atoms with Crippen molar-refractivity contribution in [3.8, 4) is 0 Å². The highest BCUT2D eigenvalue weighted by Gasteiger charge is 2.59. The smallest absolute Gasteiger partial charge is 0.110 e. The molecule has 4 fully saturated rings. The Morgan fingerprint density at radius 3 is 1.05 bits per heavy atom. The first-order chi connectivity index (χ1) is 20.2. The zero-order chi connectivity index (χ0) is 31.1. The second-order valence-corrected chi connectivity index (χ2v) is 12.6. The predicted molar refractivity (Wildman–Crippen MR) is 171 cm³/mol. The standard InChI is InChI=1S/2C14H27NO4.C4H10.CH4/c2*1-2-3-4-5-6-7-8-19-14-10-9(15-10)11(16)12(17)13(14)18;1-3-4-2;/h2*9-18H,2-8H2,1H3;3-4H2,1-2H3;1H4/t9-,10+,11+,12-,13+,14+;9-,10+,11-,12+,13-,14-;;/m00../s1. The fourth-order valence-electron chi connectivity index (χ4n) is 5.80. The number of ether oxygens (including phenoxy) is 2. The molecule has 0 bridgehead atoms. The van der Waals surface area contributed by atoms with Crippen molar-refractivity contribution in [1.29, 1.82) is 0 Å². The topological polar surface area (TPSA) is 184 Å². The summed E-state index contributed by atoms with van der Waals surface area (Å²) in [5, 5.41) is 64.6. The van der Waals surface area contributed by atoms with Crippen LogP contribution in [0.4, 0.5) is 0 Å². The lowest BCUT2D eigenvalue weighted by atomic mass is 9.89. The van der Waals surface area contributed by atoms with Crippen molar-refractivity contribution in [2.45, 2.75) is 198 Å². The summed E-state index contributed by atoms with van der Waals surface area (Å²) in [5.74, 6) is 0. The van der Waals surface area contributed by atoms with Crippen LogP contribution < -0.4 is 10.6 Å². The van der Waals surface area contributed by atoms with E-state index in [0.29, 0.717) is 13.2 Å². The van der Waals surface area contributed by atoms with Gasteiger partial charge in [0.15, 0.2) is 0 Å². The molecule has 0 amide bonds. The lowest BCUT2D eigenvalue weighted by Crippen LogP contribution is -2.54. The first-order valence-electron chi connectivity index (χ1n) is 17.1. The largest absolute Gasteiger partial charge is 0.389 e. The molecule has 0 unspecified atom stereocenters. The van der Waals surface area contributed by atoms with Crippen LogP contribution in [0, 0.1) is 0 Å². The Kier molecular flexibility index (Phi) is 21.0. The minimum atomic E-state index is -1.11. The van der Waals surface area contributed by atoms with Crippen molar-refractivity contribution in [2.75, 3.05) is 13.2 Å². The Balaban J connectivity index is 0.000000375. The fourth-order valence-corrected chi connectivity index (χ4v) is 5.80. The van der Waals surface area contributed by atoms with Crippen molar-refractivity contribution in [2.24, 2.45) is 0 Å². The van der Waals surface area contributed by atoms with E-state index < -0.39 is 36.6 Å². The molecule has 0 aromatic carbocycles. The number of fused-ring (bicyclic) bond motifs is 2. The summed E-state index contributed by atoms with van der Waals surface area (Å²) in [6, 6.07) is -0.247. The van der Waals surface area contributed by atoms with E-state index in [0.717, 1.165) is 25.7 Å². The number of aliphatic hydroxyl groups excluding tert-OH is 6. The molecule has 0 spiro atoms. The molecule has 4 aliphatic rings. The van der Waals surface area contributed by atoms with Crippen molar-refractivity contribution in [3.63, 3.8) is 0 Å². The number of unbranched alkanes of at least 4 members (excludes halogenated alkanes) is 11. The summed E-state index contributed by atoms with van der Waals surface area (Å²) in [6.45, 7) is 9.99. The lowest BCUT2D eigenvalue weighted by Gasteiger charge is -2.33. The number of rotatable bonds is 17. The monoisotopic (exact) mass is 620 g/mol. The molecule has 10 nitrogen and oxygen atoms in total. The van der Waals surface area contributed by atoms with Gasteiger partial charge in [-0.05, 0) is 12.8 Å². The minimum Gasteiger partial charge on any atom is -0.389 e. The summed E-state index contributed by atoms with van der Waals surface area (Å²) < 4.78 is 11.4. The number of hydrogen-bond donors (Lipinski definition) is 8. The van der Waals surface area contributed by atoms with E-state index in [-0.39, 0.29) is 43.8 Å². The summed E-state index contributed by atoms with van der Waals surface area (Å²) in [4.78, 5) is 0. The average Bonchev–Trinajstić information content (AvgIpc) is 3.93. The van der Waals surface area contributed by atoms with Gasteiger partial charge in [-0.25, -0.2) is 0 Å². The third kappa shape index (κ3) is 13.1. The Hall–Kier alpha value is -0.400. The van der Waals surface area contributed by atoms with Crippen LogP contribution in [0.15, 0.2) is 0 Å². The highest BCUT2D eigenvalue weighted by molar-refractivity contribution is 5.17. The molecule has 0 aromatic rings. The molecule has 8 N–H and O–H groups in total. The molecule has 2 saturated carbocycles. The van der Waals surface area contributed by atoms with Gasteiger partial charge in [-0.2, -0.15) is 0 Å². The molecule has 0 aromatic heterocycles. The van der Waals surface area contributed by atoms with E-state index in [4.69, 9.17) is 9.47 Å². The van der Waals surface area contributed by atoms with Crippen molar-refractivity contribution >= 4 is 0 Å². The van der Waals surface area contributed by atoms with E-state index in [9.17, 15) is 30.6 Å². The third-order valence-corrected chi connectivity index (χ3v) is 8.96. The van der Waals surface area contributed by atoms with Gasteiger partial charge in [0.25, 0.3) is 0 Å². The fraction of sp³-hybridized carbons (Fsp3) is 1.00. The zero-order valence-electron chi connectivity index (χ0n) is 26.7. The Bertz CT molecular complexity index is 635. The molecule has 2 aliphatic carbocycles. The number of hydrogen-bond acceptors (Lipinski definition) is 10. The van der Waals surface area contributed by atoms with Gasteiger partial charge < -0.3 is 50.7 Å². The van der Waals surface area contributed by atoms with Gasteiger partial charge in [0.05, 0.1) is 36.4 Å². The van der Waals surface area contributed by atoms with Crippen LogP contribution in [-0.4, -0.2) is 117 Å². The molecule has 2 saturated heterocycles. The van der Waals surface area contributed by atoms with E-state index >= 15 is 0 Å². The highest BCUT2D eigenvalue weighted by Crippen LogP contribution is 2.33. The summed E-state index contributed by atoms with van der Waals surface area (Å²) >= 11 is 0. The maximum absolute atomic E-state index is 9.90. The molecular formula is C33H68N2O8. The highest BCUT2D eigenvalue weighted by atomic mass is 16.5. The molecule has 2 aliphatic heterocycles. The molecule has 12 atom stereocenters. The normalized spacial score (nSPS) is 37.0.